The zero-order chi connectivity index (χ0) is 16.0. The van der Waals surface area contributed by atoms with Crippen LogP contribution in [-0.2, 0) is 14.8 Å². The molecule has 1 aromatic heterocycles. The van der Waals surface area contributed by atoms with Crippen LogP contribution in [0.25, 0.3) is 0 Å². The number of nitrogens with one attached hydrogen (secondary N) is 2. The first kappa shape index (κ1) is 16.7. The van der Waals surface area contributed by atoms with Crippen LogP contribution in [0.1, 0.15) is 24.3 Å². The van der Waals surface area contributed by atoms with E-state index in [4.69, 9.17) is 0 Å². The van der Waals surface area contributed by atoms with Gasteiger partial charge in [0.05, 0.1) is 10.9 Å². The van der Waals surface area contributed by atoms with Gasteiger partial charge in [-0.1, -0.05) is 24.3 Å². The van der Waals surface area contributed by atoms with Crippen LogP contribution >= 0.6 is 11.3 Å². The summed E-state index contributed by atoms with van der Waals surface area (Å²) in [7, 11) is -3.56. The van der Waals surface area contributed by atoms with Gasteiger partial charge in [-0.3, -0.25) is 4.79 Å². The van der Waals surface area contributed by atoms with E-state index in [0.717, 1.165) is 4.88 Å². The van der Waals surface area contributed by atoms with Crippen molar-refractivity contribution >= 4 is 27.3 Å². The highest BCUT2D eigenvalue weighted by Gasteiger charge is 2.14. The largest absolute Gasteiger partial charge is 0.349 e. The fourth-order valence-electron chi connectivity index (χ4n) is 1.90. The molecule has 1 aromatic carbocycles. The Morgan fingerprint density at radius 3 is 2.55 bits per heavy atom. The van der Waals surface area contributed by atoms with Gasteiger partial charge in [-0.2, -0.15) is 0 Å². The van der Waals surface area contributed by atoms with Gasteiger partial charge in [-0.05, 0) is 30.5 Å². The van der Waals surface area contributed by atoms with Crippen molar-refractivity contribution in [2.24, 2.45) is 0 Å². The minimum Gasteiger partial charge on any atom is -0.349 e. The molecule has 0 saturated heterocycles. The highest BCUT2D eigenvalue weighted by Crippen LogP contribution is 2.17. The lowest BCUT2D eigenvalue weighted by Crippen LogP contribution is -2.31. The molecule has 2 N–H and O–H groups in total. The van der Waals surface area contributed by atoms with E-state index in [2.05, 4.69) is 10.0 Å². The van der Waals surface area contributed by atoms with Crippen LogP contribution in [0.15, 0.2) is 52.7 Å². The van der Waals surface area contributed by atoms with Crippen LogP contribution in [0.2, 0.25) is 0 Å². The van der Waals surface area contributed by atoms with Crippen molar-refractivity contribution in [1.82, 2.24) is 10.0 Å². The van der Waals surface area contributed by atoms with Gasteiger partial charge in [0, 0.05) is 17.8 Å². The van der Waals surface area contributed by atoms with E-state index in [1.54, 1.807) is 29.5 Å². The number of benzene rings is 1. The molecule has 5 nitrogen and oxygen atoms in total. The predicted molar refractivity (Wildman–Crippen MR) is 87.1 cm³/mol. The van der Waals surface area contributed by atoms with Crippen LogP contribution in [-0.4, -0.2) is 20.9 Å². The predicted octanol–water partition coefficient (Wildman–Crippen LogP) is 2.29. The number of amides is 1. The molecule has 0 spiro atoms. The molecule has 22 heavy (non-hydrogen) atoms. The highest BCUT2D eigenvalue weighted by atomic mass is 32.2. The lowest BCUT2D eigenvalue weighted by Gasteiger charge is -2.12. The summed E-state index contributed by atoms with van der Waals surface area (Å²) in [5.41, 5.74) is 0. The van der Waals surface area contributed by atoms with Gasteiger partial charge in [-0.15, -0.1) is 11.3 Å². The van der Waals surface area contributed by atoms with Crippen molar-refractivity contribution in [3.8, 4) is 0 Å². The van der Waals surface area contributed by atoms with Crippen molar-refractivity contribution in [2.45, 2.75) is 24.3 Å². The van der Waals surface area contributed by atoms with Crippen molar-refractivity contribution in [1.29, 1.82) is 0 Å². The minimum atomic E-state index is -3.56. The number of thiophene rings is 1. The van der Waals surface area contributed by atoms with Gasteiger partial charge in [0.2, 0.25) is 15.9 Å². The van der Waals surface area contributed by atoms with E-state index >= 15 is 0 Å². The van der Waals surface area contributed by atoms with Crippen molar-refractivity contribution < 1.29 is 13.2 Å². The highest BCUT2D eigenvalue weighted by molar-refractivity contribution is 7.89. The SMILES string of the molecule is CC(NC(=O)CCNS(=O)(=O)c1ccccc1)c1cccs1. The first-order valence-corrected chi connectivity index (χ1v) is 9.23. The summed E-state index contributed by atoms with van der Waals surface area (Å²) in [5, 5.41) is 4.80. The summed E-state index contributed by atoms with van der Waals surface area (Å²) in [5.74, 6) is -0.184. The Morgan fingerprint density at radius 1 is 1.18 bits per heavy atom. The van der Waals surface area contributed by atoms with Gasteiger partial charge in [0.15, 0.2) is 0 Å². The number of carbonyl (C=O) groups is 1. The molecule has 1 unspecified atom stereocenters. The molecule has 0 bridgehead atoms. The second-order valence-electron chi connectivity index (χ2n) is 4.77. The number of carbonyl (C=O) groups excluding carboxylic acids is 1. The van der Waals surface area contributed by atoms with Gasteiger partial charge in [0.25, 0.3) is 0 Å². The van der Waals surface area contributed by atoms with Gasteiger partial charge in [0.1, 0.15) is 0 Å². The Kier molecular flexibility index (Phi) is 5.70. The molecular weight excluding hydrogens is 320 g/mol. The molecule has 0 radical (unpaired) electrons. The standard InChI is InChI=1S/C15H18N2O3S2/c1-12(14-8-5-11-21-14)17-15(18)9-10-16-22(19,20)13-6-3-2-4-7-13/h2-8,11-12,16H,9-10H2,1H3,(H,17,18). The Bertz CT molecular complexity index is 698. The molecule has 0 aliphatic heterocycles. The third-order valence-electron chi connectivity index (χ3n) is 3.05. The number of rotatable bonds is 7. The lowest BCUT2D eigenvalue weighted by atomic mass is 10.2. The summed E-state index contributed by atoms with van der Waals surface area (Å²) >= 11 is 1.57. The molecule has 1 atom stereocenters. The summed E-state index contributed by atoms with van der Waals surface area (Å²) in [6.07, 6.45) is 0.0990. The van der Waals surface area contributed by atoms with E-state index in [1.807, 2.05) is 24.4 Å². The van der Waals surface area contributed by atoms with Crippen LogP contribution < -0.4 is 10.0 Å². The molecule has 0 saturated carbocycles. The van der Waals surface area contributed by atoms with Crippen LogP contribution in [0, 0.1) is 0 Å². The number of hydrogen-bond acceptors (Lipinski definition) is 4. The van der Waals surface area contributed by atoms with Crippen molar-refractivity contribution in [3.05, 3.63) is 52.7 Å². The Balaban J connectivity index is 1.80. The van der Waals surface area contributed by atoms with Gasteiger partial charge in [-0.25, -0.2) is 13.1 Å². The number of sulfonamides is 1. The van der Waals surface area contributed by atoms with Crippen LogP contribution in [0.3, 0.4) is 0 Å². The van der Waals surface area contributed by atoms with Gasteiger partial charge < -0.3 is 5.32 Å². The summed E-state index contributed by atoms with van der Waals surface area (Å²) in [4.78, 5) is 13.1. The normalized spacial score (nSPS) is 12.8. The lowest BCUT2D eigenvalue weighted by molar-refractivity contribution is -0.121. The number of hydrogen-bond donors (Lipinski definition) is 2. The first-order valence-electron chi connectivity index (χ1n) is 6.86. The van der Waals surface area contributed by atoms with E-state index < -0.39 is 10.0 Å². The van der Waals surface area contributed by atoms with E-state index in [1.165, 1.54) is 12.1 Å². The van der Waals surface area contributed by atoms with E-state index in [9.17, 15) is 13.2 Å². The minimum absolute atomic E-state index is 0.0697. The molecule has 7 heteroatoms. The third kappa shape index (κ3) is 4.66. The molecule has 2 rings (SSSR count). The third-order valence-corrected chi connectivity index (χ3v) is 5.58. The van der Waals surface area contributed by atoms with Crippen LogP contribution in [0.4, 0.5) is 0 Å². The monoisotopic (exact) mass is 338 g/mol. The van der Waals surface area contributed by atoms with E-state index in [-0.39, 0.29) is 29.8 Å². The average Bonchev–Trinajstić information content (AvgIpc) is 3.02. The van der Waals surface area contributed by atoms with E-state index in [0.29, 0.717) is 0 Å². The van der Waals surface area contributed by atoms with Crippen LogP contribution in [0.5, 0.6) is 0 Å². The molecule has 2 aromatic rings. The quantitative estimate of drug-likeness (QED) is 0.813. The smallest absolute Gasteiger partial charge is 0.240 e. The molecule has 0 fully saturated rings. The zero-order valence-corrected chi connectivity index (χ0v) is 13.8. The molecule has 0 aliphatic carbocycles. The fraction of sp³-hybridized carbons (Fsp3) is 0.267. The zero-order valence-electron chi connectivity index (χ0n) is 12.2. The maximum absolute atomic E-state index is 12.0. The second kappa shape index (κ2) is 7.53. The maximum atomic E-state index is 12.0. The Morgan fingerprint density at radius 2 is 1.91 bits per heavy atom. The Labute approximate surface area is 134 Å². The second-order valence-corrected chi connectivity index (χ2v) is 7.51. The van der Waals surface area contributed by atoms with Crippen molar-refractivity contribution in [2.75, 3.05) is 6.54 Å². The Hall–Kier alpha value is -1.70. The fourth-order valence-corrected chi connectivity index (χ4v) is 3.69. The van der Waals surface area contributed by atoms with Gasteiger partial charge >= 0.3 is 0 Å². The topological polar surface area (TPSA) is 75.3 Å². The summed E-state index contributed by atoms with van der Waals surface area (Å²) < 4.78 is 26.4. The average molecular weight is 338 g/mol. The van der Waals surface area contributed by atoms with Crippen molar-refractivity contribution in [3.63, 3.8) is 0 Å². The molecule has 118 valence electrons. The molecular formula is C15H18N2O3S2. The summed E-state index contributed by atoms with van der Waals surface area (Å²) in [6.45, 7) is 1.97. The maximum Gasteiger partial charge on any atom is 0.240 e. The molecule has 1 heterocycles. The molecule has 0 aliphatic rings. The first-order chi connectivity index (χ1) is 10.5. The molecule has 1 amide bonds. The summed E-state index contributed by atoms with van der Waals surface area (Å²) in [6, 6.07) is 11.9.